The van der Waals surface area contributed by atoms with Gasteiger partial charge in [0, 0.05) is 24.7 Å². The molecule has 1 aliphatic heterocycles. The van der Waals surface area contributed by atoms with E-state index >= 15 is 0 Å². The Morgan fingerprint density at radius 1 is 1.59 bits per heavy atom. The highest BCUT2D eigenvalue weighted by molar-refractivity contribution is 9.10. The Balaban J connectivity index is 2.14. The minimum absolute atomic E-state index is 0.611. The molecule has 0 aromatic carbocycles. The first-order valence-electron chi connectivity index (χ1n) is 6.17. The third-order valence-corrected chi connectivity index (χ3v) is 4.13. The zero-order valence-corrected chi connectivity index (χ0v) is 12.5. The van der Waals surface area contributed by atoms with E-state index in [9.17, 15) is 0 Å². The monoisotopic (exact) mass is 316 g/mol. The highest BCUT2D eigenvalue weighted by Gasteiger charge is 2.26. The Labute approximate surface area is 116 Å². The molecule has 2 heterocycles. The lowest BCUT2D eigenvalue weighted by atomic mass is 10.1. The molecule has 0 bridgehead atoms. The first-order chi connectivity index (χ1) is 8.22. The molecule has 1 fully saturated rings. The van der Waals surface area contributed by atoms with Crippen LogP contribution in [0.1, 0.15) is 31.2 Å². The fourth-order valence-electron chi connectivity index (χ4n) is 2.47. The largest absolute Gasteiger partial charge is 0.353 e. The number of hydrogen-bond donors (Lipinski definition) is 0. The summed E-state index contributed by atoms with van der Waals surface area (Å²) in [4.78, 5) is 6.99. The van der Waals surface area contributed by atoms with Gasteiger partial charge in [-0.15, -0.1) is 11.6 Å². The molecule has 0 saturated carbocycles. The quantitative estimate of drug-likeness (QED) is 0.776. The number of alkyl halides is 1. The molecule has 1 aliphatic rings. The topological polar surface area (TPSA) is 16.1 Å². The highest BCUT2D eigenvalue weighted by atomic mass is 79.9. The van der Waals surface area contributed by atoms with Crippen molar-refractivity contribution < 1.29 is 0 Å². The molecule has 0 N–H and O–H groups in total. The lowest BCUT2D eigenvalue weighted by Crippen LogP contribution is -2.30. The molecule has 0 radical (unpaired) electrons. The molecule has 1 aromatic rings. The summed E-state index contributed by atoms with van der Waals surface area (Å²) >= 11 is 9.40. The minimum atomic E-state index is 0.611. The van der Waals surface area contributed by atoms with E-state index in [1.165, 1.54) is 24.8 Å². The molecule has 0 aliphatic carbocycles. The molecule has 2 nitrogen and oxygen atoms in total. The Morgan fingerprint density at radius 2 is 2.41 bits per heavy atom. The van der Waals surface area contributed by atoms with Gasteiger partial charge in [-0.1, -0.05) is 0 Å². The van der Waals surface area contributed by atoms with Crippen LogP contribution >= 0.6 is 27.5 Å². The van der Waals surface area contributed by atoms with Crippen molar-refractivity contribution in [2.24, 2.45) is 0 Å². The SMILES string of the molecule is Cc1cnc(N2CCCC2CCCCl)c(Br)c1. The summed E-state index contributed by atoms with van der Waals surface area (Å²) in [5.74, 6) is 1.85. The maximum Gasteiger partial charge on any atom is 0.143 e. The van der Waals surface area contributed by atoms with E-state index in [0.29, 0.717) is 6.04 Å². The number of aryl methyl sites for hydroxylation is 1. The number of pyridine rings is 1. The summed E-state index contributed by atoms with van der Waals surface area (Å²) in [7, 11) is 0. The Kier molecular flexibility index (Phi) is 4.69. The molecular weight excluding hydrogens is 300 g/mol. The predicted octanol–water partition coefficient (Wildman–Crippen LogP) is 4.14. The summed E-state index contributed by atoms with van der Waals surface area (Å²) < 4.78 is 1.11. The second-order valence-electron chi connectivity index (χ2n) is 4.64. The lowest BCUT2D eigenvalue weighted by molar-refractivity contribution is 0.598. The fourth-order valence-corrected chi connectivity index (χ4v) is 3.31. The van der Waals surface area contributed by atoms with Crippen molar-refractivity contribution in [3.05, 3.63) is 22.3 Å². The lowest BCUT2D eigenvalue weighted by Gasteiger charge is -2.26. The van der Waals surface area contributed by atoms with Crippen LogP contribution in [0.5, 0.6) is 0 Å². The summed E-state index contributed by atoms with van der Waals surface area (Å²) in [5, 5.41) is 0. The number of aromatic nitrogens is 1. The molecule has 1 aromatic heterocycles. The van der Waals surface area contributed by atoms with Gasteiger partial charge < -0.3 is 4.90 Å². The molecule has 1 unspecified atom stereocenters. The smallest absolute Gasteiger partial charge is 0.143 e. The molecule has 1 atom stereocenters. The number of anilines is 1. The van der Waals surface area contributed by atoms with Gasteiger partial charge in [0.2, 0.25) is 0 Å². The van der Waals surface area contributed by atoms with E-state index in [1.807, 2.05) is 6.20 Å². The highest BCUT2D eigenvalue weighted by Crippen LogP contribution is 2.32. The van der Waals surface area contributed by atoms with Gasteiger partial charge >= 0.3 is 0 Å². The van der Waals surface area contributed by atoms with Crippen molar-refractivity contribution in [3.63, 3.8) is 0 Å². The molecule has 4 heteroatoms. The predicted molar refractivity (Wildman–Crippen MR) is 77.0 cm³/mol. The summed E-state index contributed by atoms with van der Waals surface area (Å²) in [6, 6.07) is 2.75. The number of nitrogens with zero attached hydrogens (tertiary/aromatic N) is 2. The molecular formula is C13H18BrClN2. The number of rotatable bonds is 4. The van der Waals surface area contributed by atoms with Crippen molar-refractivity contribution in [1.82, 2.24) is 4.98 Å². The van der Waals surface area contributed by atoms with Crippen LogP contribution < -0.4 is 4.90 Å². The summed E-state index contributed by atoms with van der Waals surface area (Å²) in [6.07, 6.45) is 6.72. The van der Waals surface area contributed by atoms with Gasteiger partial charge in [0.1, 0.15) is 5.82 Å². The van der Waals surface area contributed by atoms with Gasteiger partial charge in [-0.3, -0.25) is 0 Å². The van der Waals surface area contributed by atoms with Crippen molar-refractivity contribution in [1.29, 1.82) is 0 Å². The van der Waals surface area contributed by atoms with Crippen molar-refractivity contribution >= 4 is 33.3 Å². The Morgan fingerprint density at radius 3 is 3.12 bits per heavy atom. The zero-order valence-electron chi connectivity index (χ0n) is 10.1. The normalized spacial score (nSPS) is 19.9. The van der Waals surface area contributed by atoms with Crippen LogP contribution in [0.4, 0.5) is 5.82 Å². The maximum atomic E-state index is 5.78. The zero-order chi connectivity index (χ0) is 12.3. The van der Waals surface area contributed by atoms with E-state index in [0.717, 1.165) is 29.1 Å². The Bertz CT molecular complexity index is 384. The maximum absolute atomic E-state index is 5.78. The van der Waals surface area contributed by atoms with Gasteiger partial charge in [0.05, 0.1) is 4.47 Å². The van der Waals surface area contributed by atoms with Gasteiger partial charge in [0.15, 0.2) is 0 Å². The summed E-state index contributed by atoms with van der Waals surface area (Å²) in [5.41, 5.74) is 1.19. The Hall–Kier alpha value is -0.280. The fraction of sp³-hybridized carbons (Fsp3) is 0.615. The third-order valence-electron chi connectivity index (χ3n) is 3.28. The molecule has 0 spiro atoms. The van der Waals surface area contributed by atoms with Gasteiger partial charge in [-0.25, -0.2) is 4.98 Å². The van der Waals surface area contributed by atoms with E-state index in [4.69, 9.17) is 11.6 Å². The average Bonchev–Trinajstić information content (AvgIpc) is 2.74. The number of halogens is 2. The van der Waals surface area contributed by atoms with Crippen LogP contribution in [0.3, 0.4) is 0 Å². The second kappa shape index (κ2) is 6.05. The van der Waals surface area contributed by atoms with Gasteiger partial charge in [0.25, 0.3) is 0 Å². The molecule has 1 saturated heterocycles. The van der Waals surface area contributed by atoms with Crippen LogP contribution in [-0.4, -0.2) is 23.5 Å². The average molecular weight is 318 g/mol. The van der Waals surface area contributed by atoms with Crippen LogP contribution in [0.25, 0.3) is 0 Å². The molecule has 0 amide bonds. The molecule has 94 valence electrons. The van der Waals surface area contributed by atoms with Crippen LogP contribution in [0, 0.1) is 6.92 Å². The number of hydrogen-bond acceptors (Lipinski definition) is 2. The second-order valence-corrected chi connectivity index (χ2v) is 5.87. The van der Waals surface area contributed by atoms with Crippen LogP contribution in [0.2, 0.25) is 0 Å². The van der Waals surface area contributed by atoms with Crippen molar-refractivity contribution in [3.8, 4) is 0 Å². The van der Waals surface area contributed by atoms with E-state index in [-0.39, 0.29) is 0 Å². The molecule has 2 rings (SSSR count). The van der Waals surface area contributed by atoms with Gasteiger partial charge in [-0.05, 0) is 60.2 Å². The van der Waals surface area contributed by atoms with Crippen LogP contribution in [0.15, 0.2) is 16.7 Å². The first-order valence-corrected chi connectivity index (χ1v) is 7.50. The van der Waals surface area contributed by atoms with Crippen molar-refractivity contribution in [2.75, 3.05) is 17.3 Å². The summed E-state index contributed by atoms with van der Waals surface area (Å²) in [6.45, 7) is 3.18. The van der Waals surface area contributed by atoms with Crippen molar-refractivity contribution in [2.45, 2.75) is 38.6 Å². The minimum Gasteiger partial charge on any atom is -0.353 e. The van der Waals surface area contributed by atoms with E-state index in [2.05, 4.69) is 38.8 Å². The first kappa shape index (κ1) is 13.2. The van der Waals surface area contributed by atoms with E-state index < -0.39 is 0 Å². The molecule has 17 heavy (non-hydrogen) atoms. The third kappa shape index (κ3) is 3.14. The standard InChI is InChI=1S/C13H18BrClN2/c1-10-8-12(14)13(16-9-10)17-7-3-5-11(17)4-2-6-15/h8-9,11H,2-7H2,1H3. The van der Waals surface area contributed by atoms with Gasteiger partial charge in [-0.2, -0.15) is 0 Å². The van der Waals surface area contributed by atoms with E-state index in [1.54, 1.807) is 0 Å². The van der Waals surface area contributed by atoms with Crippen LogP contribution in [-0.2, 0) is 0 Å².